The lowest BCUT2D eigenvalue weighted by atomic mass is 10.2. The molecule has 0 aromatic heterocycles. The van der Waals surface area contributed by atoms with E-state index in [-0.39, 0.29) is 5.91 Å². The normalized spacial score (nSPS) is 10.0. The molecule has 2 aromatic carbocycles. The highest BCUT2D eigenvalue weighted by Crippen LogP contribution is 2.23. The van der Waals surface area contributed by atoms with Crippen LogP contribution < -0.4 is 10.1 Å². The van der Waals surface area contributed by atoms with Gasteiger partial charge in [-0.2, -0.15) is 0 Å². The number of nitrogens with one attached hydrogen (secondary N) is 1. The number of amides is 1. The fraction of sp³-hybridized carbons (Fsp3) is 0.133. The highest BCUT2D eigenvalue weighted by atomic mass is 79.9. The minimum atomic E-state index is -0.142. The summed E-state index contributed by atoms with van der Waals surface area (Å²) in [6.07, 6.45) is 0. The van der Waals surface area contributed by atoms with Gasteiger partial charge in [0.15, 0.2) is 0 Å². The Morgan fingerprint density at radius 3 is 2.63 bits per heavy atom. The van der Waals surface area contributed by atoms with Gasteiger partial charge in [0.1, 0.15) is 12.4 Å². The number of halogens is 1. The SMILES string of the molecule is CNC(=O)c1cc(OCc2ccccc2)ccc1Br. The van der Waals surface area contributed by atoms with Crippen LogP contribution >= 0.6 is 15.9 Å². The maximum Gasteiger partial charge on any atom is 0.252 e. The summed E-state index contributed by atoms with van der Waals surface area (Å²) in [7, 11) is 1.60. The fourth-order valence-corrected chi connectivity index (χ4v) is 2.07. The molecule has 1 N–H and O–H groups in total. The average molecular weight is 320 g/mol. The zero-order valence-corrected chi connectivity index (χ0v) is 12.1. The van der Waals surface area contributed by atoms with Crippen molar-refractivity contribution in [1.82, 2.24) is 5.32 Å². The van der Waals surface area contributed by atoms with Gasteiger partial charge in [0.25, 0.3) is 5.91 Å². The molecule has 0 radical (unpaired) electrons. The number of ether oxygens (including phenoxy) is 1. The lowest BCUT2D eigenvalue weighted by Gasteiger charge is -2.09. The number of carbonyl (C=O) groups is 1. The second-order valence-corrected chi connectivity index (χ2v) is 4.85. The number of benzene rings is 2. The third-order valence-corrected chi connectivity index (χ3v) is 3.35. The highest BCUT2D eigenvalue weighted by Gasteiger charge is 2.09. The van der Waals surface area contributed by atoms with Gasteiger partial charge in [0.2, 0.25) is 0 Å². The molecule has 2 rings (SSSR count). The van der Waals surface area contributed by atoms with E-state index in [9.17, 15) is 4.79 Å². The second kappa shape index (κ2) is 6.38. The Hall–Kier alpha value is -1.81. The molecule has 0 spiro atoms. The second-order valence-electron chi connectivity index (χ2n) is 4.00. The summed E-state index contributed by atoms with van der Waals surface area (Å²) in [4.78, 5) is 11.7. The molecule has 2 aromatic rings. The van der Waals surface area contributed by atoms with E-state index >= 15 is 0 Å². The average Bonchev–Trinajstić information content (AvgIpc) is 2.46. The van der Waals surface area contributed by atoms with Crippen LogP contribution in [0.1, 0.15) is 15.9 Å². The van der Waals surface area contributed by atoms with E-state index in [1.54, 1.807) is 13.1 Å². The van der Waals surface area contributed by atoms with Gasteiger partial charge in [0.05, 0.1) is 5.56 Å². The molecule has 1 amide bonds. The summed E-state index contributed by atoms with van der Waals surface area (Å²) < 4.78 is 6.43. The van der Waals surface area contributed by atoms with Crippen LogP contribution in [0, 0.1) is 0 Å². The minimum Gasteiger partial charge on any atom is -0.489 e. The first-order chi connectivity index (χ1) is 9.20. The van der Waals surface area contributed by atoms with Gasteiger partial charge < -0.3 is 10.1 Å². The summed E-state index contributed by atoms with van der Waals surface area (Å²) in [5, 5.41) is 2.60. The van der Waals surface area contributed by atoms with Crippen molar-refractivity contribution in [2.75, 3.05) is 7.05 Å². The van der Waals surface area contributed by atoms with Gasteiger partial charge in [0, 0.05) is 11.5 Å². The van der Waals surface area contributed by atoms with E-state index < -0.39 is 0 Å². The van der Waals surface area contributed by atoms with Crippen LogP contribution in [0.5, 0.6) is 5.75 Å². The first kappa shape index (κ1) is 13.6. The van der Waals surface area contributed by atoms with Crippen LogP contribution in [0.25, 0.3) is 0 Å². The summed E-state index contributed by atoms with van der Waals surface area (Å²) in [5.41, 5.74) is 1.65. The van der Waals surface area contributed by atoms with E-state index in [1.165, 1.54) is 0 Å². The van der Waals surface area contributed by atoms with Crippen molar-refractivity contribution in [1.29, 1.82) is 0 Å². The molecule has 3 nitrogen and oxygen atoms in total. The van der Waals surface area contributed by atoms with E-state index in [0.717, 1.165) is 10.0 Å². The fourth-order valence-electron chi connectivity index (χ4n) is 1.64. The molecule has 0 aliphatic carbocycles. The summed E-state index contributed by atoms with van der Waals surface area (Å²) in [6.45, 7) is 0.482. The smallest absolute Gasteiger partial charge is 0.252 e. The molecule has 0 saturated carbocycles. The maximum atomic E-state index is 11.7. The highest BCUT2D eigenvalue weighted by molar-refractivity contribution is 9.10. The zero-order valence-electron chi connectivity index (χ0n) is 10.5. The topological polar surface area (TPSA) is 38.3 Å². The molecular formula is C15H14BrNO2. The number of carbonyl (C=O) groups excluding carboxylic acids is 1. The first-order valence-electron chi connectivity index (χ1n) is 5.89. The standard InChI is InChI=1S/C15H14BrNO2/c1-17-15(18)13-9-12(7-8-14(13)16)19-10-11-5-3-2-4-6-11/h2-9H,10H2,1H3,(H,17,18). The molecule has 0 fully saturated rings. The molecule has 0 aliphatic heterocycles. The van der Waals surface area contributed by atoms with Crippen LogP contribution in [0.15, 0.2) is 53.0 Å². The Morgan fingerprint density at radius 2 is 1.95 bits per heavy atom. The van der Waals surface area contributed by atoms with Gasteiger partial charge in [-0.05, 0) is 39.7 Å². The van der Waals surface area contributed by atoms with Gasteiger partial charge in [-0.25, -0.2) is 0 Å². The number of hydrogen-bond acceptors (Lipinski definition) is 2. The third kappa shape index (κ3) is 3.58. The molecule has 0 unspecified atom stereocenters. The van der Waals surface area contributed by atoms with Crippen molar-refractivity contribution in [3.63, 3.8) is 0 Å². The molecule has 0 saturated heterocycles. The van der Waals surface area contributed by atoms with Gasteiger partial charge in [-0.1, -0.05) is 30.3 Å². The van der Waals surface area contributed by atoms with E-state index in [0.29, 0.717) is 17.9 Å². The number of hydrogen-bond donors (Lipinski definition) is 1. The molecule has 0 heterocycles. The molecular weight excluding hydrogens is 306 g/mol. The Bertz CT molecular complexity index is 570. The van der Waals surface area contributed by atoms with Gasteiger partial charge in [-0.3, -0.25) is 4.79 Å². The first-order valence-corrected chi connectivity index (χ1v) is 6.68. The zero-order chi connectivity index (χ0) is 13.7. The lowest BCUT2D eigenvalue weighted by molar-refractivity contribution is 0.0962. The van der Waals surface area contributed by atoms with Crippen LogP contribution in [0.2, 0.25) is 0 Å². The van der Waals surface area contributed by atoms with Crippen LogP contribution in [-0.4, -0.2) is 13.0 Å². The summed E-state index contributed by atoms with van der Waals surface area (Å²) in [6, 6.07) is 15.3. The van der Waals surface area contributed by atoms with Crippen molar-refractivity contribution in [3.8, 4) is 5.75 Å². The van der Waals surface area contributed by atoms with E-state index in [1.807, 2.05) is 42.5 Å². The Kier molecular flexibility index (Phi) is 4.58. The van der Waals surface area contributed by atoms with Crippen molar-refractivity contribution in [2.45, 2.75) is 6.61 Å². The van der Waals surface area contributed by atoms with E-state index in [4.69, 9.17) is 4.74 Å². The van der Waals surface area contributed by atoms with Crippen LogP contribution in [-0.2, 0) is 6.61 Å². The molecule has 0 bridgehead atoms. The molecule has 4 heteroatoms. The third-order valence-electron chi connectivity index (χ3n) is 2.66. The molecule has 0 atom stereocenters. The largest absolute Gasteiger partial charge is 0.489 e. The van der Waals surface area contributed by atoms with E-state index in [2.05, 4.69) is 21.2 Å². The van der Waals surface area contributed by atoms with Crippen molar-refractivity contribution >= 4 is 21.8 Å². The molecule has 98 valence electrons. The van der Waals surface area contributed by atoms with Crippen LogP contribution in [0.4, 0.5) is 0 Å². The predicted octanol–water partition coefficient (Wildman–Crippen LogP) is 3.39. The summed E-state index contributed by atoms with van der Waals surface area (Å²) >= 11 is 3.35. The Balaban J connectivity index is 2.11. The monoisotopic (exact) mass is 319 g/mol. The minimum absolute atomic E-state index is 0.142. The van der Waals surface area contributed by atoms with Gasteiger partial charge in [-0.15, -0.1) is 0 Å². The van der Waals surface area contributed by atoms with Crippen molar-refractivity contribution < 1.29 is 9.53 Å². The quantitative estimate of drug-likeness (QED) is 0.938. The molecule has 0 aliphatic rings. The van der Waals surface area contributed by atoms with Gasteiger partial charge >= 0.3 is 0 Å². The Morgan fingerprint density at radius 1 is 1.21 bits per heavy atom. The molecule has 19 heavy (non-hydrogen) atoms. The predicted molar refractivity (Wildman–Crippen MR) is 78.3 cm³/mol. The Labute approximate surface area is 120 Å². The number of rotatable bonds is 4. The lowest BCUT2D eigenvalue weighted by Crippen LogP contribution is -2.18. The van der Waals surface area contributed by atoms with Crippen molar-refractivity contribution in [3.05, 3.63) is 64.1 Å². The van der Waals surface area contributed by atoms with Crippen molar-refractivity contribution in [2.24, 2.45) is 0 Å². The van der Waals surface area contributed by atoms with Crippen LogP contribution in [0.3, 0.4) is 0 Å². The summed E-state index contributed by atoms with van der Waals surface area (Å²) in [5.74, 6) is 0.530. The maximum absolute atomic E-state index is 11.7.